The molecule has 1 unspecified atom stereocenters. The molecular formula is C8H13NO2. The van der Waals surface area contributed by atoms with E-state index in [-0.39, 0.29) is 11.7 Å². The summed E-state index contributed by atoms with van der Waals surface area (Å²) in [7, 11) is 0. The Kier molecular flexibility index (Phi) is 1.20. The number of carbonyl (C=O) groups excluding carboxylic acids is 1. The molecule has 1 amide bonds. The van der Waals surface area contributed by atoms with Gasteiger partial charge in [0.1, 0.15) is 5.60 Å². The van der Waals surface area contributed by atoms with E-state index in [1.807, 2.05) is 18.7 Å². The van der Waals surface area contributed by atoms with Crippen molar-refractivity contribution in [3.8, 4) is 0 Å². The quantitative estimate of drug-likeness (QED) is 0.529. The molecule has 0 aromatic heterocycles. The van der Waals surface area contributed by atoms with E-state index in [2.05, 4.69) is 0 Å². The van der Waals surface area contributed by atoms with Gasteiger partial charge in [0.25, 0.3) is 0 Å². The number of rotatable bonds is 0. The molecule has 2 heterocycles. The van der Waals surface area contributed by atoms with Crippen molar-refractivity contribution in [2.24, 2.45) is 0 Å². The van der Waals surface area contributed by atoms with Crippen LogP contribution in [-0.2, 0) is 4.74 Å². The summed E-state index contributed by atoms with van der Waals surface area (Å²) < 4.78 is 5.20. The normalized spacial score (nSPS) is 33.8. The fourth-order valence-corrected chi connectivity index (χ4v) is 2.06. The predicted octanol–water partition coefficient (Wildman–Crippen LogP) is 1.38. The molecule has 3 nitrogen and oxygen atoms in total. The summed E-state index contributed by atoms with van der Waals surface area (Å²) in [5.74, 6) is 0. The molecule has 2 rings (SSSR count). The molecule has 0 radical (unpaired) electrons. The summed E-state index contributed by atoms with van der Waals surface area (Å²) in [4.78, 5) is 13.0. The molecular weight excluding hydrogens is 142 g/mol. The fourth-order valence-electron chi connectivity index (χ4n) is 2.06. The maximum Gasteiger partial charge on any atom is 0.410 e. The Morgan fingerprint density at radius 1 is 1.64 bits per heavy atom. The summed E-state index contributed by atoms with van der Waals surface area (Å²) in [6.45, 7) is 4.86. The van der Waals surface area contributed by atoms with Crippen molar-refractivity contribution in [1.82, 2.24) is 4.90 Å². The average molecular weight is 155 g/mol. The highest BCUT2D eigenvalue weighted by Gasteiger charge is 2.49. The van der Waals surface area contributed by atoms with Crippen LogP contribution in [0.5, 0.6) is 0 Å². The Morgan fingerprint density at radius 3 is 3.00 bits per heavy atom. The van der Waals surface area contributed by atoms with E-state index in [9.17, 15) is 4.79 Å². The second-order valence-electron chi connectivity index (χ2n) is 3.82. The standard InChI is InChI=1S/C8H13NO2/c1-8(2)6-4-3-5-9(6)7(10)11-8/h6H,3-5H2,1-2H3. The Morgan fingerprint density at radius 2 is 2.36 bits per heavy atom. The number of carbonyl (C=O) groups is 1. The first-order valence-electron chi connectivity index (χ1n) is 4.11. The summed E-state index contributed by atoms with van der Waals surface area (Å²) in [5, 5.41) is 0. The first kappa shape index (κ1) is 6.95. The van der Waals surface area contributed by atoms with Crippen molar-refractivity contribution in [2.75, 3.05) is 6.54 Å². The van der Waals surface area contributed by atoms with Gasteiger partial charge in [0.2, 0.25) is 0 Å². The van der Waals surface area contributed by atoms with Crippen molar-refractivity contribution in [1.29, 1.82) is 0 Å². The van der Waals surface area contributed by atoms with E-state index >= 15 is 0 Å². The van der Waals surface area contributed by atoms with Gasteiger partial charge in [-0.2, -0.15) is 0 Å². The number of amides is 1. The molecule has 62 valence electrons. The smallest absolute Gasteiger partial charge is 0.410 e. The SMILES string of the molecule is CC1(C)OC(=O)N2CCCC21. The number of ether oxygens (including phenoxy) is 1. The van der Waals surface area contributed by atoms with E-state index in [1.165, 1.54) is 0 Å². The highest BCUT2D eigenvalue weighted by Crippen LogP contribution is 2.36. The maximum absolute atomic E-state index is 11.2. The Hall–Kier alpha value is -0.730. The highest BCUT2D eigenvalue weighted by atomic mass is 16.6. The van der Waals surface area contributed by atoms with Crippen LogP contribution >= 0.6 is 0 Å². The summed E-state index contributed by atoms with van der Waals surface area (Å²) >= 11 is 0. The molecule has 0 spiro atoms. The zero-order chi connectivity index (χ0) is 8.06. The van der Waals surface area contributed by atoms with Gasteiger partial charge in [-0.3, -0.25) is 0 Å². The van der Waals surface area contributed by atoms with Gasteiger partial charge in [-0.1, -0.05) is 0 Å². The monoisotopic (exact) mass is 155 g/mol. The zero-order valence-corrected chi connectivity index (χ0v) is 6.96. The van der Waals surface area contributed by atoms with Crippen molar-refractivity contribution in [2.45, 2.75) is 38.3 Å². The molecule has 0 aromatic carbocycles. The van der Waals surface area contributed by atoms with Crippen molar-refractivity contribution >= 4 is 6.09 Å². The van der Waals surface area contributed by atoms with Gasteiger partial charge in [-0.25, -0.2) is 4.79 Å². The van der Waals surface area contributed by atoms with Gasteiger partial charge in [0.15, 0.2) is 0 Å². The van der Waals surface area contributed by atoms with Gasteiger partial charge >= 0.3 is 6.09 Å². The second kappa shape index (κ2) is 1.90. The van der Waals surface area contributed by atoms with E-state index < -0.39 is 0 Å². The molecule has 2 saturated heterocycles. The van der Waals surface area contributed by atoms with E-state index in [0.29, 0.717) is 6.04 Å². The van der Waals surface area contributed by atoms with Crippen LogP contribution in [-0.4, -0.2) is 29.2 Å². The van der Waals surface area contributed by atoms with Gasteiger partial charge in [-0.05, 0) is 26.7 Å². The third-order valence-electron chi connectivity index (χ3n) is 2.64. The summed E-state index contributed by atoms with van der Waals surface area (Å²) in [6.07, 6.45) is 2.10. The number of hydrogen-bond acceptors (Lipinski definition) is 2. The molecule has 2 aliphatic rings. The van der Waals surface area contributed by atoms with Crippen LogP contribution in [0.3, 0.4) is 0 Å². The first-order valence-corrected chi connectivity index (χ1v) is 4.11. The average Bonchev–Trinajstić information content (AvgIpc) is 2.37. The van der Waals surface area contributed by atoms with E-state index in [1.54, 1.807) is 0 Å². The van der Waals surface area contributed by atoms with Gasteiger partial charge in [0.05, 0.1) is 6.04 Å². The van der Waals surface area contributed by atoms with Gasteiger partial charge in [0, 0.05) is 6.54 Å². The Bertz CT molecular complexity index is 200. The van der Waals surface area contributed by atoms with E-state index in [4.69, 9.17) is 4.74 Å². The van der Waals surface area contributed by atoms with Crippen molar-refractivity contribution in [3.63, 3.8) is 0 Å². The number of fused-ring (bicyclic) bond motifs is 1. The molecule has 0 N–H and O–H groups in total. The van der Waals surface area contributed by atoms with Crippen molar-refractivity contribution in [3.05, 3.63) is 0 Å². The predicted molar refractivity (Wildman–Crippen MR) is 40.3 cm³/mol. The molecule has 3 heteroatoms. The molecule has 0 aliphatic carbocycles. The van der Waals surface area contributed by atoms with Crippen LogP contribution in [0.15, 0.2) is 0 Å². The summed E-state index contributed by atoms with van der Waals surface area (Å²) in [6, 6.07) is 0.329. The molecule has 0 saturated carbocycles. The number of hydrogen-bond donors (Lipinski definition) is 0. The molecule has 0 bridgehead atoms. The largest absolute Gasteiger partial charge is 0.441 e. The van der Waals surface area contributed by atoms with Crippen LogP contribution in [0.2, 0.25) is 0 Å². The minimum absolute atomic E-state index is 0.127. The lowest BCUT2D eigenvalue weighted by Crippen LogP contribution is -2.36. The lowest BCUT2D eigenvalue weighted by Gasteiger charge is -2.22. The maximum atomic E-state index is 11.2. The number of nitrogens with zero attached hydrogens (tertiary/aromatic N) is 1. The third kappa shape index (κ3) is 0.832. The third-order valence-corrected chi connectivity index (χ3v) is 2.64. The van der Waals surface area contributed by atoms with Crippen molar-refractivity contribution < 1.29 is 9.53 Å². The van der Waals surface area contributed by atoms with Gasteiger partial charge < -0.3 is 9.64 Å². The topological polar surface area (TPSA) is 29.5 Å². The molecule has 1 atom stereocenters. The molecule has 0 aromatic rings. The lowest BCUT2D eigenvalue weighted by molar-refractivity contribution is 0.0672. The second-order valence-corrected chi connectivity index (χ2v) is 3.82. The van der Waals surface area contributed by atoms with Crippen LogP contribution in [0.1, 0.15) is 26.7 Å². The number of cyclic esters (lactones) is 1. The van der Waals surface area contributed by atoms with Crippen LogP contribution in [0, 0.1) is 0 Å². The summed E-state index contributed by atoms with van der Waals surface area (Å²) in [5.41, 5.74) is -0.256. The minimum atomic E-state index is -0.256. The fraction of sp³-hybridized carbons (Fsp3) is 0.875. The molecule has 2 fully saturated rings. The Labute approximate surface area is 66.3 Å². The minimum Gasteiger partial charge on any atom is -0.441 e. The first-order chi connectivity index (χ1) is 5.11. The van der Waals surface area contributed by atoms with Crippen LogP contribution in [0.25, 0.3) is 0 Å². The Balaban J connectivity index is 2.27. The molecule has 2 aliphatic heterocycles. The lowest BCUT2D eigenvalue weighted by atomic mass is 9.98. The van der Waals surface area contributed by atoms with E-state index in [0.717, 1.165) is 19.4 Å². The highest BCUT2D eigenvalue weighted by molar-refractivity contribution is 5.71. The molecule has 11 heavy (non-hydrogen) atoms. The van der Waals surface area contributed by atoms with Gasteiger partial charge in [-0.15, -0.1) is 0 Å². The zero-order valence-electron chi connectivity index (χ0n) is 6.96. The van der Waals surface area contributed by atoms with Crippen LogP contribution < -0.4 is 0 Å². The van der Waals surface area contributed by atoms with Crippen LogP contribution in [0.4, 0.5) is 4.79 Å².